The summed E-state index contributed by atoms with van der Waals surface area (Å²) in [5, 5.41) is 29.2. The number of unbranched alkanes of at least 4 members (excludes halogenated alkanes) is 11. The Morgan fingerprint density at radius 1 is 0.682 bits per heavy atom. The van der Waals surface area contributed by atoms with E-state index in [1.807, 2.05) is 0 Å². The van der Waals surface area contributed by atoms with Gasteiger partial charge < -0.3 is 15.3 Å². The Morgan fingerprint density at radius 3 is 1.41 bits per heavy atom. The van der Waals surface area contributed by atoms with Crippen LogP contribution in [0.15, 0.2) is 0 Å². The van der Waals surface area contributed by atoms with Crippen molar-refractivity contribution in [1.29, 1.82) is 0 Å². The van der Waals surface area contributed by atoms with Crippen LogP contribution in [-0.4, -0.2) is 33.1 Å². The molecule has 3 nitrogen and oxygen atoms in total. The normalized spacial score (nSPS) is 15.0. The van der Waals surface area contributed by atoms with Gasteiger partial charge in [-0.2, -0.15) is 0 Å². The third kappa shape index (κ3) is 12.4. The lowest BCUT2D eigenvalue weighted by Gasteiger charge is -2.28. The molecule has 134 valence electrons. The minimum Gasteiger partial charge on any atom is -0.390 e. The molecule has 0 aromatic carbocycles. The molecule has 0 bridgehead atoms. The molecule has 0 heterocycles. The van der Waals surface area contributed by atoms with Crippen molar-refractivity contribution in [3.8, 4) is 0 Å². The predicted octanol–water partition coefficient (Wildman–Crippen LogP) is 4.57. The molecule has 3 N–H and O–H groups in total. The van der Waals surface area contributed by atoms with Crippen LogP contribution in [0.25, 0.3) is 0 Å². The van der Waals surface area contributed by atoms with Crippen molar-refractivity contribution >= 4 is 0 Å². The molecule has 2 atom stereocenters. The summed E-state index contributed by atoms with van der Waals surface area (Å²) in [6.07, 6.45) is 14.2. The van der Waals surface area contributed by atoms with Crippen LogP contribution in [0.2, 0.25) is 0 Å². The van der Waals surface area contributed by atoms with Crippen molar-refractivity contribution in [3.05, 3.63) is 0 Å². The molecule has 0 saturated heterocycles. The fraction of sp³-hybridized carbons (Fsp3) is 1.00. The van der Waals surface area contributed by atoms with E-state index in [2.05, 4.69) is 6.92 Å². The minimum absolute atomic E-state index is 0.572. The maximum atomic E-state index is 9.80. The van der Waals surface area contributed by atoms with Gasteiger partial charge in [0.1, 0.15) is 6.10 Å². The van der Waals surface area contributed by atoms with Crippen LogP contribution in [0, 0.1) is 0 Å². The lowest BCUT2D eigenvalue weighted by molar-refractivity contribution is -0.108. The van der Waals surface area contributed by atoms with Gasteiger partial charge in [-0.3, -0.25) is 0 Å². The van der Waals surface area contributed by atoms with Crippen molar-refractivity contribution in [2.75, 3.05) is 0 Å². The number of aliphatic hydroxyl groups is 3. The minimum atomic E-state index is -1.23. The topological polar surface area (TPSA) is 60.7 Å². The summed E-state index contributed by atoms with van der Waals surface area (Å²) in [6.45, 7) is 5.32. The first-order chi connectivity index (χ1) is 10.4. The Labute approximate surface area is 138 Å². The van der Waals surface area contributed by atoms with Gasteiger partial charge in [0.15, 0.2) is 0 Å². The van der Waals surface area contributed by atoms with Gasteiger partial charge in [-0.1, -0.05) is 84.0 Å². The molecule has 0 rings (SSSR count). The van der Waals surface area contributed by atoms with Gasteiger partial charge in [-0.25, -0.2) is 0 Å². The van der Waals surface area contributed by atoms with E-state index < -0.39 is 17.8 Å². The number of hydrogen-bond acceptors (Lipinski definition) is 3. The lowest BCUT2D eigenvalue weighted by Crippen LogP contribution is -2.44. The van der Waals surface area contributed by atoms with Gasteiger partial charge in [0, 0.05) is 0 Å². The molecule has 0 aliphatic carbocycles. The molecule has 0 aromatic heterocycles. The van der Waals surface area contributed by atoms with Crippen molar-refractivity contribution in [1.82, 2.24) is 0 Å². The summed E-state index contributed by atoms with van der Waals surface area (Å²) in [5.41, 5.74) is -1.23. The third-order valence-electron chi connectivity index (χ3n) is 4.44. The third-order valence-corrected chi connectivity index (χ3v) is 4.44. The highest BCUT2D eigenvalue weighted by Gasteiger charge is 2.30. The van der Waals surface area contributed by atoms with Crippen LogP contribution >= 0.6 is 0 Å². The van der Waals surface area contributed by atoms with E-state index in [4.69, 9.17) is 0 Å². The summed E-state index contributed by atoms with van der Waals surface area (Å²) in [5.74, 6) is 0. The largest absolute Gasteiger partial charge is 0.390 e. The number of rotatable bonds is 15. The Morgan fingerprint density at radius 2 is 1.05 bits per heavy atom. The van der Waals surface area contributed by atoms with E-state index in [1.54, 1.807) is 0 Å². The molecule has 0 fully saturated rings. The van der Waals surface area contributed by atoms with E-state index in [9.17, 15) is 15.3 Å². The molecule has 2 unspecified atom stereocenters. The highest BCUT2D eigenvalue weighted by Crippen LogP contribution is 2.17. The fourth-order valence-corrected chi connectivity index (χ4v) is 2.82. The second-order valence-electron chi connectivity index (χ2n) is 7.34. The first-order valence-corrected chi connectivity index (χ1v) is 9.48. The molecule has 0 aliphatic rings. The first kappa shape index (κ1) is 21.9. The zero-order valence-electron chi connectivity index (χ0n) is 15.2. The van der Waals surface area contributed by atoms with Gasteiger partial charge in [0.25, 0.3) is 0 Å². The second kappa shape index (κ2) is 13.3. The van der Waals surface area contributed by atoms with Gasteiger partial charge >= 0.3 is 0 Å². The maximum absolute atomic E-state index is 9.80. The first-order valence-electron chi connectivity index (χ1n) is 9.48. The van der Waals surface area contributed by atoms with E-state index >= 15 is 0 Å². The van der Waals surface area contributed by atoms with Crippen molar-refractivity contribution in [3.63, 3.8) is 0 Å². The van der Waals surface area contributed by atoms with Crippen molar-refractivity contribution in [2.24, 2.45) is 0 Å². The Hall–Kier alpha value is -0.120. The molecule has 0 saturated carbocycles. The Balaban J connectivity index is 3.30. The van der Waals surface area contributed by atoms with Gasteiger partial charge in [0.2, 0.25) is 0 Å². The lowest BCUT2D eigenvalue weighted by atomic mass is 9.93. The molecule has 0 aliphatic heterocycles. The monoisotopic (exact) mass is 316 g/mol. The molecule has 0 amide bonds. The molecular weight excluding hydrogens is 276 g/mol. The molecule has 0 spiro atoms. The summed E-state index contributed by atoms with van der Waals surface area (Å²) < 4.78 is 0. The molecule has 22 heavy (non-hydrogen) atoms. The Kier molecular flexibility index (Phi) is 13.3. The molecule has 0 aromatic rings. The zero-order valence-corrected chi connectivity index (χ0v) is 15.2. The highest BCUT2D eigenvalue weighted by molar-refractivity contribution is 4.82. The van der Waals surface area contributed by atoms with Crippen LogP contribution in [0.5, 0.6) is 0 Å². The average Bonchev–Trinajstić information content (AvgIpc) is 2.46. The smallest absolute Gasteiger partial charge is 0.108 e. The summed E-state index contributed by atoms with van der Waals surface area (Å²) >= 11 is 0. The van der Waals surface area contributed by atoms with Crippen molar-refractivity contribution < 1.29 is 15.3 Å². The molecule has 0 radical (unpaired) electrons. The van der Waals surface area contributed by atoms with Crippen LogP contribution < -0.4 is 0 Å². The standard InChI is InChI=1S/C19H40O3/c1-4-5-6-7-8-9-10-11-12-13-14-15-16-17(20)18(21)19(2,3)22/h17-18,20-22H,4-16H2,1-3H3. The van der Waals surface area contributed by atoms with Crippen LogP contribution in [0.3, 0.4) is 0 Å². The van der Waals surface area contributed by atoms with Crippen molar-refractivity contribution in [2.45, 2.75) is 122 Å². The predicted molar refractivity (Wildman–Crippen MR) is 94.0 cm³/mol. The van der Waals surface area contributed by atoms with E-state index in [0.29, 0.717) is 6.42 Å². The van der Waals surface area contributed by atoms with Crippen LogP contribution in [0.1, 0.15) is 104 Å². The molecule has 3 heteroatoms. The second-order valence-corrected chi connectivity index (χ2v) is 7.34. The number of aliphatic hydroxyl groups excluding tert-OH is 2. The fourth-order valence-electron chi connectivity index (χ4n) is 2.82. The Bertz CT molecular complexity index is 235. The number of hydrogen-bond donors (Lipinski definition) is 3. The van der Waals surface area contributed by atoms with E-state index in [0.717, 1.165) is 12.8 Å². The maximum Gasteiger partial charge on any atom is 0.108 e. The van der Waals surface area contributed by atoms with Crippen LogP contribution in [0.4, 0.5) is 0 Å². The van der Waals surface area contributed by atoms with Crippen LogP contribution in [-0.2, 0) is 0 Å². The summed E-state index contributed by atoms with van der Waals surface area (Å²) in [4.78, 5) is 0. The molecular formula is C19H40O3. The van der Waals surface area contributed by atoms with Gasteiger partial charge in [0.05, 0.1) is 11.7 Å². The zero-order chi connectivity index (χ0) is 16.8. The average molecular weight is 317 g/mol. The SMILES string of the molecule is CCCCCCCCCCCCCCC(O)C(O)C(C)(C)O. The van der Waals surface area contributed by atoms with Gasteiger partial charge in [-0.05, 0) is 20.3 Å². The summed E-state index contributed by atoms with van der Waals surface area (Å²) in [7, 11) is 0. The van der Waals surface area contributed by atoms with Gasteiger partial charge in [-0.15, -0.1) is 0 Å². The summed E-state index contributed by atoms with van der Waals surface area (Å²) in [6, 6.07) is 0. The quantitative estimate of drug-likeness (QED) is 0.388. The van der Waals surface area contributed by atoms with E-state index in [1.165, 1.54) is 78.1 Å². The highest BCUT2D eigenvalue weighted by atomic mass is 16.4. The van der Waals surface area contributed by atoms with E-state index in [-0.39, 0.29) is 0 Å².